The minimum Gasteiger partial charge on any atom is -0.368 e. The van der Waals surface area contributed by atoms with Gasteiger partial charge in [0.1, 0.15) is 6.04 Å². The number of amides is 1. The van der Waals surface area contributed by atoms with Gasteiger partial charge in [0, 0.05) is 19.4 Å². The maximum Gasteiger partial charge on any atom is 0.251 e. The standard InChI is InChI=1S/C6H9F2N2O/c7-6(8)1-2-10-4(3-6)5(9)11/h4H,1-3H2,(H2,9,11). The van der Waals surface area contributed by atoms with Crippen molar-refractivity contribution < 1.29 is 13.6 Å². The second kappa shape index (κ2) is 2.73. The summed E-state index contributed by atoms with van der Waals surface area (Å²) < 4.78 is 25.1. The number of carbonyl (C=O) groups excluding carboxylic acids is 1. The van der Waals surface area contributed by atoms with Crippen molar-refractivity contribution >= 4 is 5.91 Å². The van der Waals surface area contributed by atoms with Crippen molar-refractivity contribution in [2.24, 2.45) is 5.73 Å². The van der Waals surface area contributed by atoms with Crippen LogP contribution in [0.3, 0.4) is 0 Å². The second-order valence-electron chi connectivity index (χ2n) is 2.63. The fourth-order valence-corrected chi connectivity index (χ4v) is 1.02. The Bertz CT molecular complexity index is 172. The summed E-state index contributed by atoms with van der Waals surface area (Å²) in [5.74, 6) is -3.52. The van der Waals surface area contributed by atoms with E-state index in [4.69, 9.17) is 5.73 Å². The average molecular weight is 163 g/mol. The monoisotopic (exact) mass is 163 g/mol. The molecule has 1 radical (unpaired) electrons. The van der Waals surface area contributed by atoms with Gasteiger partial charge in [-0.25, -0.2) is 14.1 Å². The lowest BCUT2D eigenvalue weighted by Gasteiger charge is -2.26. The molecular weight excluding hydrogens is 154 g/mol. The van der Waals surface area contributed by atoms with Crippen LogP contribution in [0.25, 0.3) is 0 Å². The quantitative estimate of drug-likeness (QED) is 0.575. The van der Waals surface area contributed by atoms with Crippen molar-refractivity contribution in [2.45, 2.75) is 24.8 Å². The number of carbonyl (C=O) groups is 1. The zero-order chi connectivity index (χ0) is 8.48. The summed E-state index contributed by atoms with van der Waals surface area (Å²) in [6.07, 6.45) is -0.793. The molecule has 1 amide bonds. The van der Waals surface area contributed by atoms with Crippen LogP contribution in [0.1, 0.15) is 12.8 Å². The Kier molecular flexibility index (Phi) is 2.08. The summed E-state index contributed by atoms with van der Waals surface area (Å²) in [6.45, 7) is 0.0284. The summed E-state index contributed by atoms with van der Waals surface area (Å²) in [4.78, 5) is 10.4. The number of alkyl halides is 2. The number of primary amides is 1. The van der Waals surface area contributed by atoms with Crippen molar-refractivity contribution in [3.63, 3.8) is 0 Å². The molecule has 1 saturated heterocycles. The Morgan fingerprint density at radius 1 is 1.64 bits per heavy atom. The molecule has 5 heteroatoms. The topological polar surface area (TPSA) is 57.2 Å². The van der Waals surface area contributed by atoms with E-state index in [1.165, 1.54) is 0 Å². The number of rotatable bonds is 1. The predicted molar refractivity (Wildman–Crippen MR) is 34.2 cm³/mol. The largest absolute Gasteiger partial charge is 0.368 e. The number of halogens is 2. The smallest absolute Gasteiger partial charge is 0.251 e. The first-order chi connectivity index (χ1) is 5.01. The molecule has 63 valence electrons. The van der Waals surface area contributed by atoms with Crippen LogP contribution in [0.4, 0.5) is 8.78 Å². The fourth-order valence-electron chi connectivity index (χ4n) is 1.02. The maximum absolute atomic E-state index is 12.5. The molecule has 1 aliphatic rings. The summed E-state index contributed by atoms with van der Waals surface area (Å²) in [5.41, 5.74) is 4.82. The van der Waals surface area contributed by atoms with Crippen LogP contribution in [-0.2, 0) is 4.79 Å². The van der Waals surface area contributed by atoms with E-state index >= 15 is 0 Å². The minimum absolute atomic E-state index is 0.0284. The molecule has 3 nitrogen and oxygen atoms in total. The van der Waals surface area contributed by atoms with Crippen LogP contribution in [0.5, 0.6) is 0 Å². The Morgan fingerprint density at radius 2 is 2.27 bits per heavy atom. The minimum atomic E-state index is -2.76. The van der Waals surface area contributed by atoms with Gasteiger partial charge in [-0.05, 0) is 0 Å². The van der Waals surface area contributed by atoms with E-state index < -0.39 is 24.3 Å². The molecule has 1 atom stereocenters. The third kappa shape index (κ3) is 2.11. The van der Waals surface area contributed by atoms with Crippen LogP contribution in [0, 0.1) is 0 Å². The fraction of sp³-hybridized carbons (Fsp3) is 0.833. The molecule has 1 fully saturated rings. The zero-order valence-electron chi connectivity index (χ0n) is 5.89. The molecular formula is C6H9F2N2O. The van der Waals surface area contributed by atoms with Gasteiger partial charge in [-0.3, -0.25) is 4.79 Å². The number of nitrogens with zero attached hydrogens (tertiary/aromatic N) is 1. The molecule has 1 rings (SSSR count). The van der Waals surface area contributed by atoms with Gasteiger partial charge in [-0.15, -0.1) is 0 Å². The molecule has 0 spiro atoms. The van der Waals surface area contributed by atoms with Crippen LogP contribution in [0.2, 0.25) is 0 Å². The summed E-state index contributed by atoms with van der Waals surface area (Å²) >= 11 is 0. The summed E-state index contributed by atoms with van der Waals surface area (Å²) in [5, 5.41) is 3.67. The molecule has 0 aromatic carbocycles. The average Bonchev–Trinajstić information content (AvgIpc) is 1.85. The van der Waals surface area contributed by atoms with Gasteiger partial charge in [-0.1, -0.05) is 0 Å². The first kappa shape index (κ1) is 8.39. The van der Waals surface area contributed by atoms with Crippen molar-refractivity contribution in [2.75, 3.05) is 6.54 Å². The molecule has 1 heterocycles. The van der Waals surface area contributed by atoms with Gasteiger partial charge in [0.15, 0.2) is 0 Å². The highest BCUT2D eigenvalue weighted by molar-refractivity contribution is 5.80. The van der Waals surface area contributed by atoms with Gasteiger partial charge in [0.25, 0.3) is 5.92 Å². The van der Waals surface area contributed by atoms with E-state index in [-0.39, 0.29) is 13.0 Å². The van der Waals surface area contributed by atoms with E-state index in [2.05, 4.69) is 5.32 Å². The summed E-state index contributed by atoms with van der Waals surface area (Å²) in [7, 11) is 0. The van der Waals surface area contributed by atoms with Crippen molar-refractivity contribution in [1.82, 2.24) is 5.32 Å². The molecule has 0 aliphatic carbocycles. The third-order valence-corrected chi connectivity index (χ3v) is 1.65. The van der Waals surface area contributed by atoms with Crippen molar-refractivity contribution in [1.29, 1.82) is 0 Å². The lowest BCUT2D eigenvalue weighted by molar-refractivity contribution is -0.125. The van der Waals surface area contributed by atoms with E-state index in [0.717, 1.165) is 0 Å². The maximum atomic E-state index is 12.5. The number of piperidine rings is 1. The lowest BCUT2D eigenvalue weighted by atomic mass is 10.0. The molecule has 2 N–H and O–H groups in total. The molecule has 0 saturated carbocycles. The van der Waals surface area contributed by atoms with E-state index in [0.29, 0.717) is 0 Å². The highest BCUT2D eigenvalue weighted by Gasteiger charge is 2.38. The molecule has 11 heavy (non-hydrogen) atoms. The summed E-state index contributed by atoms with van der Waals surface area (Å²) in [6, 6.07) is -0.987. The Morgan fingerprint density at radius 3 is 2.64 bits per heavy atom. The van der Waals surface area contributed by atoms with Crippen molar-refractivity contribution in [3.05, 3.63) is 0 Å². The van der Waals surface area contributed by atoms with Gasteiger partial charge in [-0.2, -0.15) is 0 Å². The van der Waals surface area contributed by atoms with Gasteiger partial charge >= 0.3 is 0 Å². The Hall–Kier alpha value is -0.710. The molecule has 0 bridgehead atoms. The van der Waals surface area contributed by atoms with Gasteiger partial charge in [0.2, 0.25) is 5.91 Å². The lowest BCUT2D eigenvalue weighted by Crippen LogP contribution is -2.46. The first-order valence-electron chi connectivity index (χ1n) is 3.35. The van der Waals surface area contributed by atoms with Crippen LogP contribution in [-0.4, -0.2) is 24.4 Å². The highest BCUT2D eigenvalue weighted by Crippen LogP contribution is 2.27. The Labute approximate surface area is 62.9 Å². The SMILES string of the molecule is NC(=O)C1CC(F)(F)CC[N]1. The van der Waals surface area contributed by atoms with E-state index in [1.807, 2.05) is 0 Å². The van der Waals surface area contributed by atoms with E-state index in [9.17, 15) is 13.6 Å². The second-order valence-corrected chi connectivity index (χ2v) is 2.63. The normalized spacial score (nSPS) is 29.8. The molecule has 1 aliphatic heterocycles. The first-order valence-corrected chi connectivity index (χ1v) is 3.35. The predicted octanol–water partition coefficient (Wildman–Crippen LogP) is -0.126. The van der Waals surface area contributed by atoms with Crippen LogP contribution >= 0.6 is 0 Å². The van der Waals surface area contributed by atoms with Crippen LogP contribution < -0.4 is 11.1 Å². The van der Waals surface area contributed by atoms with Crippen LogP contribution in [0.15, 0.2) is 0 Å². The van der Waals surface area contributed by atoms with Crippen molar-refractivity contribution in [3.8, 4) is 0 Å². The number of hydrogen-bond acceptors (Lipinski definition) is 1. The van der Waals surface area contributed by atoms with Gasteiger partial charge in [0.05, 0.1) is 0 Å². The molecule has 0 aromatic heterocycles. The molecule has 1 unspecified atom stereocenters. The highest BCUT2D eigenvalue weighted by atomic mass is 19.3. The number of hydrogen-bond donors (Lipinski definition) is 1. The molecule has 0 aromatic rings. The Balaban J connectivity index is 2.53. The third-order valence-electron chi connectivity index (χ3n) is 1.65. The van der Waals surface area contributed by atoms with E-state index in [1.54, 1.807) is 0 Å². The van der Waals surface area contributed by atoms with Gasteiger partial charge < -0.3 is 5.73 Å². The zero-order valence-corrected chi connectivity index (χ0v) is 5.89. The number of nitrogens with two attached hydrogens (primary N) is 1.